The van der Waals surface area contributed by atoms with E-state index in [2.05, 4.69) is 9.47 Å². The molecule has 0 bridgehead atoms. The first-order chi connectivity index (χ1) is 19.1. The first-order valence-electron chi connectivity index (χ1n) is 12.7. The minimum Gasteiger partial charge on any atom is -0.431 e. The Balaban J connectivity index is 2.07. The van der Waals surface area contributed by atoms with Crippen LogP contribution in [-0.4, -0.2) is 72.5 Å². The zero-order chi connectivity index (χ0) is 30.9. The van der Waals surface area contributed by atoms with Crippen LogP contribution in [0.4, 0.5) is 18.4 Å². The molecule has 0 radical (unpaired) electrons. The maximum absolute atomic E-state index is 13.7. The van der Waals surface area contributed by atoms with Crippen molar-refractivity contribution in [2.24, 2.45) is 23.5 Å². The number of aliphatic hydroxyl groups is 1. The van der Waals surface area contributed by atoms with E-state index in [0.29, 0.717) is 4.90 Å². The van der Waals surface area contributed by atoms with Gasteiger partial charge in [0.2, 0.25) is 13.6 Å². The molecule has 41 heavy (non-hydrogen) atoms. The van der Waals surface area contributed by atoms with Gasteiger partial charge < -0.3 is 39.3 Å². The van der Waals surface area contributed by atoms with Crippen LogP contribution in [0.1, 0.15) is 41.0 Å². The number of carbonyl (C=O) groups excluding carboxylic acids is 4. The molecule has 1 aliphatic carbocycles. The summed E-state index contributed by atoms with van der Waals surface area (Å²) in [6.45, 7) is 6.18. The summed E-state index contributed by atoms with van der Waals surface area (Å²) >= 11 is 0.989. The van der Waals surface area contributed by atoms with Gasteiger partial charge in [0.05, 0.1) is 24.2 Å². The number of thioether (sulfide) groups is 1. The van der Waals surface area contributed by atoms with Crippen molar-refractivity contribution in [3.05, 3.63) is 29.8 Å². The fourth-order valence-electron chi connectivity index (χ4n) is 3.67. The summed E-state index contributed by atoms with van der Waals surface area (Å²) in [5.41, 5.74) is 4.43. The fourth-order valence-corrected chi connectivity index (χ4v) is 4.94. The van der Waals surface area contributed by atoms with E-state index in [4.69, 9.17) is 24.7 Å². The SMILES string of the molecule is CC(C)OC(=O)OCOC(=O)[C@@H]1C[C@H]1[C@H](O)[C@@H](CSc1ccc(F)c(F)c1)[C@@](C)(N)C(=O)OCOC(=O)OC(C)C. The zero-order valence-electron chi connectivity index (χ0n) is 23.3. The van der Waals surface area contributed by atoms with Gasteiger partial charge in [-0.2, -0.15) is 0 Å². The van der Waals surface area contributed by atoms with Crippen molar-refractivity contribution in [3.63, 3.8) is 0 Å². The zero-order valence-corrected chi connectivity index (χ0v) is 24.1. The lowest BCUT2D eigenvalue weighted by molar-refractivity contribution is -0.163. The van der Waals surface area contributed by atoms with Crippen molar-refractivity contribution in [2.75, 3.05) is 19.3 Å². The lowest BCUT2D eigenvalue weighted by atomic mass is 9.81. The van der Waals surface area contributed by atoms with Crippen LogP contribution >= 0.6 is 11.8 Å². The van der Waals surface area contributed by atoms with Gasteiger partial charge in [-0.15, -0.1) is 11.8 Å². The van der Waals surface area contributed by atoms with Crippen molar-refractivity contribution in [3.8, 4) is 0 Å². The molecule has 0 aromatic heterocycles. The molecule has 1 aromatic rings. The van der Waals surface area contributed by atoms with Crippen LogP contribution in [0.5, 0.6) is 0 Å². The standard InChI is InChI=1S/C26H35F2NO11S/c1-13(2)39-24(33)37-11-35-22(31)17-9-16(17)21(30)18(10-41-15-6-7-19(27)20(28)8-15)26(5,29)23(32)36-12-38-25(34)40-14(3)4/h6-8,13-14,16-18,21,30H,9-12,29H2,1-5H3/t16-,17-,18-,21+,26-/m1/s1. The molecule has 1 aromatic carbocycles. The summed E-state index contributed by atoms with van der Waals surface area (Å²) < 4.78 is 55.9. The van der Waals surface area contributed by atoms with E-state index in [1.165, 1.54) is 13.0 Å². The van der Waals surface area contributed by atoms with Gasteiger partial charge in [0.15, 0.2) is 11.6 Å². The van der Waals surface area contributed by atoms with Crippen LogP contribution in [-0.2, 0) is 38.0 Å². The highest BCUT2D eigenvalue weighted by molar-refractivity contribution is 7.99. The minimum absolute atomic E-state index is 0.0764. The van der Waals surface area contributed by atoms with Crippen LogP contribution in [0.2, 0.25) is 0 Å². The van der Waals surface area contributed by atoms with Crippen LogP contribution in [0.3, 0.4) is 0 Å². The van der Waals surface area contributed by atoms with Crippen molar-refractivity contribution < 1.29 is 61.5 Å². The van der Waals surface area contributed by atoms with E-state index in [1.807, 2.05) is 0 Å². The molecule has 3 N–H and O–H groups in total. The minimum atomic E-state index is -1.89. The predicted molar refractivity (Wildman–Crippen MR) is 138 cm³/mol. The average Bonchev–Trinajstić information content (AvgIpc) is 3.66. The number of carbonyl (C=O) groups is 4. The van der Waals surface area contributed by atoms with Crippen molar-refractivity contribution in [1.29, 1.82) is 0 Å². The first-order valence-corrected chi connectivity index (χ1v) is 13.7. The molecule has 5 atom stereocenters. The Kier molecular flexibility index (Phi) is 12.6. The highest BCUT2D eigenvalue weighted by atomic mass is 32.2. The molecule has 2 rings (SSSR count). The Morgan fingerprint density at radius 2 is 1.54 bits per heavy atom. The molecule has 0 saturated heterocycles. The highest BCUT2D eigenvalue weighted by Crippen LogP contribution is 2.46. The molecule has 0 aliphatic heterocycles. The molecule has 0 amide bonds. The van der Waals surface area contributed by atoms with Gasteiger partial charge in [-0.05, 0) is 65.2 Å². The molecule has 0 heterocycles. The number of halogens is 2. The monoisotopic (exact) mass is 607 g/mol. The fraction of sp³-hybridized carbons (Fsp3) is 0.615. The van der Waals surface area contributed by atoms with Gasteiger partial charge in [0, 0.05) is 16.6 Å². The number of hydrogen-bond acceptors (Lipinski definition) is 13. The number of hydrogen-bond donors (Lipinski definition) is 2. The third-order valence-electron chi connectivity index (χ3n) is 5.93. The summed E-state index contributed by atoms with van der Waals surface area (Å²) in [5, 5.41) is 11.2. The smallest absolute Gasteiger partial charge is 0.431 e. The van der Waals surface area contributed by atoms with Crippen molar-refractivity contribution >= 4 is 36.0 Å². The molecule has 0 unspecified atom stereocenters. The Labute approximate surface area is 240 Å². The predicted octanol–water partition coefficient (Wildman–Crippen LogP) is 3.51. The third kappa shape index (κ3) is 10.6. The van der Waals surface area contributed by atoms with E-state index < -0.39 is 91.1 Å². The van der Waals surface area contributed by atoms with Crippen LogP contribution in [0.15, 0.2) is 23.1 Å². The van der Waals surface area contributed by atoms with E-state index in [-0.39, 0.29) is 12.2 Å². The van der Waals surface area contributed by atoms with Gasteiger partial charge in [-0.1, -0.05) is 0 Å². The van der Waals surface area contributed by atoms with Gasteiger partial charge in [0.1, 0.15) is 5.54 Å². The third-order valence-corrected chi connectivity index (χ3v) is 7.05. The van der Waals surface area contributed by atoms with Crippen LogP contribution < -0.4 is 5.73 Å². The van der Waals surface area contributed by atoms with E-state index in [9.17, 15) is 33.1 Å². The van der Waals surface area contributed by atoms with Gasteiger partial charge in [-0.25, -0.2) is 23.2 Å². The summed E-state index contributed by atoms with van der Waals surface area (Å²) in [7, 11) is 0. The molecule has 0 spiro atoms. The Morgan fingerprint density at radius 3 is 2.07 bits per heavy atom. The molecule has 1 aliphatic rings. The topological polar surface area (TPSA) is 170 Å². The largest absolute Gasteiger partial charge is 0.511 e. The number of aliphatic hydroxyl groups excluding tert-OH is 1. The van der Waals surface area contributed by atoms with Gasteiger partial charge in [-0.3, -0.25) is 4.79 Å². The van der Waals surface area contributed by atoms with E-state index >= 15 is 0 Å². The Morgan fingerprint density at radius 1 is 0.976 bits per heavy atom. The second-order valence-corrected chi connectivity index (χ2v) is 11.1. The molecule has 1 saturated carbocycles. The average molecular weight is 608 g/mol. The van der Waals surface area contributed by atoms with Crippen molar-refractivity contribution in [2.45, 2.75) is 69.8 Å². The number of ether oxygens (including phenoxy) is 6. The summed E-state index contributed by atoms with van der Waals surface area (Å²) in [6.07, 6.45) is -4.17. The maximum Gasteiger partial charge on any atom is 0.511 e. The second kappa shape index (κ2) is 15.2. The van der Waals surface area contributed by atoms with Crippen molar-refractivity contribution in [1.82, 2.24) is 0 Å². The molecular formula is C26H35F2NO11S. The molecular weight excluding hydrogens is 572 g/mol. The normalized spacial score (nSPS) is 19.0. The summed E-state index contributed by atoms with van der Waals surface area (Å²) in [6, 6.07) is 3.19. The highest BCUT2D eigenvalue weighted by Gasteiger charge is 2.55. The number of rotatable bonds is 14. The number of nitrogens with two attached hydrogens (primary N) is 1. The molecule has 1 fully saturated rings. The van der Waals surface area contributed by atoms with E-state index in [0.717, 1.165) is 23.9 Å². The summed E-state index contributed by atoms with van der Waals surface area (Å²) in [5.74, 6) is -6.56. The quantitative estimate of drug-likeness (QED) is 0.136. The summed E-state index contributed by atoms with van der Waals surface area (Å²) in [4.78, 5) is 48.6. The Hall–Kier alpha value is -3.17. The Bertz CT molecular complexity index is 1090. The van der Waals surface area contributed by atoms with E-state index in [1.54, 1.807) is 27.7 Å². The first kappa shape index (κ1) is 34.0. The lowest BCUT2D eigenvalue weighted by Gasteiger charge is -2.35. The molecule has 12 nitrogen and oxygen atoms in total. The molecule has 15 heteroatoms. The van der Waals surface area contributed by atoms with Gasteiger partial charge >= 0.3 is 24.2 Å². The van der Waals surface area contributed by atoms with Crippen LogP contribution in [0.25, 0.3) is 0 Å². The lowest BCUT2D eigenvalue weighted by Crippen LogP contribution is -2.57. The number of benzene rings is 1. The van der Waals surface area contributed by atoms with Crippen LogP contribution in [0, 0.1) is 29.4 Å². The second-order valence-electron chi connectivity index (χ2n) is 10.0. The molecule has 230 valence electrons. The maximum atomic E-state index is 13.7. The van der Waals surface area contributed by atoms with Gasteiger partial charge in [0.25, 0.3) is 0 Å². The number of esters is 2.